The van der Waals surface area contributed by atoms with Crippen LogP contribution in [0, 0.1) is 0 Å². The maximum Gasteiger partial charge on any atom is 0.408 e. The third kappa shape index (κ3) is 7.56. The molecule has 6 heteroatoms. The summed E-state index contributed by atoms with van der Waals surface area (Å²) in [5.41, 5.74) is 0.438. The first-order chi connectivity index (χ1) is 10.3. The van der Waals surface area contributed by atoms with Gasteiger partial charge in [-0.1, -0.05) is 46.3 Å². The van der Waals surface area contributed by atoms with Crippen molar-refractivity contribution in [3.05, 3.63) is 35.9 Å². The summed E-state index contributed by atoms with van der Waals surface area (Å²) in [4.78, 5) is 22.5. The van der Waals surface area contributed by atoms with E-state index < -0.39 is 17.7 Å². The largest absolute Gasteiger partial charge is 0.444 e. The topological polar surface area (TPSA) is 64.6 Å². The number of rotatable bonds is 7. The summed E-state index contributed by atoms with van der Waals surface area (Å²) >= 11 is 3.36. The lowest BCUT2D eigenvalue weighted by atomic mass is 10.2. The van der Waals surface area contributed by atoms with E-state index in [9.17, 15) is 9.59 Å². The number of aldehydes is 1. The maximum absolute atomic E-state index is 11.7. The Balaban J connectivity index is 2.39. The van der Waals surface area contributed by atoms with Crippen molar-refractivity contribution in [1.82, 2.24) is 5.32 Å². The van der Waals surface area contributed by atoms with Gasteiger partial charge in [-0.2, -0.15) is 0 Å². The minimum Gasteiger partial charge on any atom is -0.444 e. The van der Waals surface area contributed by atoms with Crippen LogP contribution in [0.15, 0.2) is 30.3 Å². The minimum absolute atomic E-state index is 0.286. The van der Waals surface area contributed by atoms with Gasteiger partial charge in [0.25, 0.3) is 0 Å². The molecule has 122 valence electrons. The molecule has 0 unspecified atom stereocenters. The Hall–Kier alpha value is -1.40. The van der Waals surface area contributed by atoms with Crippen LogP contribution in [0.25, 0.3) is 0 Å². The zero-order chi connectivity index (χ0) is 16.6. The van der Waals surface area contributed by atoms with E-state index in [4.69, 9.17) is 9.47 Å². The second-order valence-corrected chi connectivity index (χ2v) is 7.00. The summed E-state index contributed by atoms with van der Waals surface area (Å²) < 4.78 is 10.7. The van der Waals surface area contributed by atoms with E-state index in [1.165, 1.54) is 0 Å². The molecule has 0 bridgehead atoms. The van der Waals surface area contributed by atoms with Crippen molar-refractivity contribution >= 4 is 28.3 Å². The van der Waals surface area contributed by atoms with Gasteiger partial charge < -0.3 is 19.6 Å². The van der Waals surface area contributed by atoms with Crippen LogP contribution in [0.4, 0.5) is 4.79 Å². The van der Waals surface area contributed by atoms with Crippen molar-refractivity contribution in [2.24, 2.45) is 0 Å². The Morgan fingerprint density at radius 3 is 2.50 bits per heavy atom. The number of amides is 1. The third-order valence-electron chi connectivity index (χ3n) is 2.61. The number of ether oxygens (including phenoxy) is 2. The first kappa shape index (κ1) is 18.6. The van der Waals surface area contributed by atoms with E-state index in [0.29, 0.717) is 12.9 Å². The summed E-state index contributed by atoms with van der Waals surface area (Å²) in [6.45, 7) is 6.01. The van der Waals surface area contributed by atoms with Crippen LogP contribution >= 0.6 is 15.9 Å². The lowest BCUT2D eigenvalue weighted by molar-refractivity contribution is -0.109. The molecule has 1 aromatic rings. The molecule has 0 aliphatic carbocycles. The zero-order valence-electron chi connectivity index (χ0n) is 13.0. The fourth-order valence-electron chi connectivity index (χ4n) is 1.62. The molecule has 0 aliphatic heterocycles. The minimum atomic E-state index is -0.717. The number of hydrogen-bond acceptors (Lipinski definition) is 4. The van der Waals surface area contributed by atoms with E-state index in [2.05, 4.69) is 21.2 Å². The highest BCUT2D eigenvalue weighted by atomic mass is 79.9. The van der Waals surface area contributed by atoms with Crippen molar-refractivity contribution < 1.29 is 19.1 Å². The van der Waals surface area contributed by atoms with Crippen LogP contribution in [-0.4, -0.2) is 35.5 Å². The molecule has 1 amide bonds. The van der Waals surface area contributed by atoms with Gasteiger partial charge in [0, 0.05) is 0 Å². The van der Waals surface area contributed by atoms with Crippen molar-refractivity contribution in [2.75, 3.05) is 6.61 Å². The molecule has 0 heterocycles. The molecular formula is C16H22BrNO4. The Bertz CT molecular complexity index is 473. The molecule has 1 N–H and O–H groups in total. The van der Waals surface area contributed by atoms with E-state index in [0.717, 1.165) is 5.56 Å². The van der Waals surface area contributed by atoms with Crippen LogP contribution in [0.1, 0.15) is 26.3 Å². The Morgan fingerprint density at radius 2 is 1.95 bits per heavy atom. The van der Waals surface area contributed by atoms with Gasteiger partial charge in [0.15, 0.2) is 0 Å². The number of alkyl carbamates (subject to hydrolysis) is 1. The lowest BCUT2D eigenvalue weighted by Gasteiger charge is -2.23. The Morgan fingerprint density at radius 1 is 1.32 bits per heavy atom. The molecule has 0 saturated carbocycles. The Labute approximate surface area is 139 Å². The predicted molar refractivity (Wildman–Crippen MR) is 88.0 cm³/mol. The number of hydrogen-bond donors (Lipinski definition) is 1. The average Bonchev–Trinajstić information content (AvgIpc) is 2.44. The number of halogens is 1. The van der Waals surface area contributed by atoms with Gasteiger partial charge in [0.05, 0.1) is 18.0 Å². The van der Waals surface area contributed by atoms with Gasteiger partial charge in [0.2, 0.25) is 0 Å². The summed E-state index contributed by atoms with van der Waals surface area (Å²) in [7, 11) is 0. The van der Waals surface area contributed by atoms with Gasteiger partial charge in [0.1, 0.15) is 17.9 Å². The van der Waals surface area contributed by atoms with E-state index in [-0.39, 0.29) is 11.4 Å². The van der Waals surface area contributed by atoms with Crippen LogP contribution in [-0.2, 0) is 20.9 Å². The number of benzene rings is 1. The molecule has 1 rings (SSSR count). The molecule has 1 aromatic carbocycles. The first-order valence-electron chi connectivity index (χ1n) is 7.02. The number of nitrogens with one attached hydrogen (secondary N) is 1. The van der Waals surface area contributed by atoms with E-state index >= 15 is 0 Å². The monoisotopic (exact) mass is 371 g/mol. The Kier molecular flexibility index (Phi) is 7.55. The molecule has 0 saturated heterocycles. The second-order valence-electron chi connectivity index (χ2n) is 5.82. The SMILES string of the molecule is CC(C)(C)OC(=O)N[C@@H](C=O)[C@@H](Br)COCc1ccccc1. The number of carbonyl (C=O) groups excluding carboxylic acids is 2. The highest BCUT2D eigenvalue weighted by Crippen LogP contribution is 2.10. The van der Waals surface area contributed by atoms with Gasteiger partial charge in [-0.3, -0.25) is 0 Å². The summed E-state index contributed by atoms with van der Waals surface area (Å²) in [6, 6.07) is 9.00. The second kappa shape index (κ2) is 8.90. The average molecular weight is 372 g/mol. The highest BCUT2D eigenvalue weighted by Gasteiger charge is 2.24. The molecule has 22 heavy (non-hydrogen) atoms. The lowest BCUT2D eigenvalue weighted by Crippen LogP contribution is -2.45. The van der Waals surface area contributed by atoms with Crippen molar-refractivity contribution in [3.8, 4) is 0 Å². The third-order valence-corrected chi connectivity index (χ3v) is 3.44. The number of carbonyl (C=O) groups is 2. The quantitative estimate of drug-likeness (QED) is 0.590. The molecule has 0 radical (unpaired) electrons. The maximum atomic E-state index is 11.7. The van der Waals surface area contributed by atoms with E-state index in [1.54, 1.807) is 20.8 Å². The molecular weight excluding hydrogens is 350 g/mol. The summed E-state index contributed by atoms with van der Waals surface area (Å²) in [6.07, 6.45) is 0.0342. The molecule has 0 aliphatic rings. The summed E-state index contributed by atoms with van der Waals surface area (Å²) in [5.74, 6) is 0. The normalized spacial score (nSPS) is 14.0. The highest BCUT2D eigenvalue weighted by molar-refractivity contribution is 9.09. The smallest absolute Gasteiger partial charge is 0.408 e. The fourth-order valence-corrected chi connectivity index (χ4v) is 2.06. The van der Waals surface area contributed by atoms with Gasteiger partial charge in [-0.15, -0.1) is 0 Å². The van der Waals surface area contributed by atoms with Crippen molar-refractivity contribution in [3.63, 3.8) is 0 Å². The first-order valence-corrected chi connectivity index (χ1v) is 7.94. The molecule has 0 aromatic heterocycles. The van der Waals surface area contributed by atoms with Gasteiger partial charge >= 0.3 is 6.09 Å². The molecule has 2 atom stereocenters. The summed E-state index contributed by atoms with van der Waals surface area (Å²) in [5, 5.41) is 2.52. The zero-order valence-corrected chi connectivity index (χ0v) is 14.6. The molecule has 0 spiro atoms. The van der Waals surface area contributed by atoms with Crippen LogP contribution in [0.5, 0.6) is 0 Å². The van der Waals surface area contributed by atoms with Crippen LogP contribution in [0.3, 0.4) is 0 Å². The predicted octanol–water partition coefficient (Wildman–Crippen LogP) is 3.06. The van der Waals surface area contributed by atoms with Gasteiger partial charge in [-0.25, -0.2) is 4.79 Å². The standard InChI is InChI=1S/C16H22BrNO4/c1-16(2,3)22-15(20)18-14(9-19)13(17)11-21-10-12-7-5-4-6-8-12/h4-9,13-14H,10-11H2,1-3H3,(H,18,20)/t13-,14-/m0/s1. The van der Waals surface area contributed by atoms with Crippen LogP contribution in [0.2, 0.25) is 0 Å². The molecule has 0 fully saturated rings. The fraction of sp³-hybridized carbons (Fsp3) is 0.500. The molecule has 5 nitrogen and oxygen atoms in total. The van der Waals surface area contributed by atoms with Gasteiger partial charge in [-0.05, 0) is 26.3 Å². The van der Waals surface area contributed by atoms with Crippen molar-refractivity contribution in [1.29, 1.82) is 0 Å². The van der Waals surface area contributed by atoms with E-state index in [1.807, 2.05) is 30.3 Å². The number of alkyl halides is 1. The van der Waals surface area contributed by atoms with Crippen molar-refractivity contribution in [2.45, 2.75) is 43.8 Å². The van der Waals surface area contributed by atoms with Crippen LogP contribution < -0.4 is 5.32 Å².